The van der Waals surface area contributed by atoms with Gasteiger partial charge in [0.15, 0.2) is 5.43 Å². The zero-order valence-electron chi connectivity index (χ0n) is 17.3. The van der Waals surface area contributed by atoms with Gasteiger partial charge >= 0.3 is 0 Å². The molecule has 4 rings (SSSR count). The summed E-state index contributed by atoms with van der Waals surface area (Å²) in [5.74, 6) is 0.536. The molecule has 0 aliphatic carbocycles. The number of hydrogen-bond acceptors (Lipinski definition) is 5. The van der Waals surface area contributed by atoms with E-state index in [9.17, 15) is 9.90 Å². The van der Waals surface area contributed by atoms with Crippen molar-refractivity contribution in [3.8, 4) is 11.3 Å². The normalized spacial score (nSPS) is 12.1. The Morgan fingerprint density at radius 1 is 1.13 bits per heavy atom. The van der Waals surface area contributed by atoms with E-state index in [1.54, 1.807) is 19.3 Å². The van der Waals surface area contributed by atoms with E-state index in [-0.39, 0.29) is 18.1 Å². The Kier molecular flexibility index (Phi) is 5.38. The molecule has 0 aliphatic rings. The molecule has 0 bridgehead atoms. The van der Waals surface area contributed by atoms with E-state index in [0.717, 1.165) is 27.9 Å². The van der Waals surface area contributed by atoms with Crippen LogP contribution in [0.3, 0.4) is 0 Å². The third-order valence-electron chi connectivity index (χ3n) is 5.34. The summed E-state index contributed by atoms with van der Waals surface area (Å²) < 4.78 is 6.33. The van der Waals surface area contributed by atoms with Gasteiger partial charge in [0.05, 0.1) is 18.0 Å². The van der Waals surface area contributed by atoms with Crippen molar-refractivity contribution < 1.29 is 9.52 Å². The van der Waals surface area contributed by atoms with Crippen LogP contribution in [0.4, 0.5) is 5.69 Å². The van der Waals surface area contributed by atoms with Crippen LogP contribution in [0.15, 0.2) is 70.1 Å². The maximum Gasteiger partial charge on any atom is 0.196 e. The average Bonchev–Trinajstić information content (AvgIpc) is 2.77. The van der Waals surface area contributed by atoms with Gasteiger partial charge in [-0.2, -0.15) is 0 Å². The number of hydrogen-bond donors (Lipinski definition) is 2. The summed E-state index contributed by atoms with van der Waals surface area (Å²) in [6.45, 7) is 5.73. The zero-order chi connectivity index (χ0) is 21.3. The molecule has 152 valence electrons. The van der Waals surface area contributed by atoms with E-state index in [2.05, 4.69) is 10.3 Å². The fraction of sp³-hybridized carbons (Fsp3) is 0.200. The van der Waals surface area contributed by atoms with Gasteiger partial charge in [-0.1, -0.05) is 24.3 Å². The second-order valence-corrected chi connectivity index (χ2v) is 7.54. The van der Waals surface area contributed by atoms with Crippen molar-refractivity contribution in [3.05, 3.63) is 93.4 Å². The summed E-state index contributed by atoms with van der Waals surface area (Å²) in [5, 5.41) is 13.7. The van der Waals surface area contributed by atoms with Gasteiger partial charge < -0.3 is 14.8 Å². The Hall–Kier alpha value is -3.44. The van der Waals surface area contributed by atoms with E-state index in [0.29, 0.717) is 22.3 Å². The SMILES string of the molecule is Cc1cc(C(C)Nc2ccccc2CO)c2oc(-c3cccnc3)c(C)c(=O)c2c1. The highest BCUT2D eigenvalue weighted by molar-refractivity contribution is 5.84. The first-order valence-electron chi connectivity index (χ1n) is 9.93. The number of nitrogens with zero attached hydrogens (tertiary/aromatic N) is 1. The van der Waals surface area contributed by atoms with Crippen LogP contribution >= 0.6 is 0 Å². The van der Waals surface area contributed by atoms with E-state index < -0.39 is 0 Å². The number of pyridine rings is 1. The number of aryl methyl sites for hydroxylation is 1. The third kappa shape index (κ3) is 3.60. The Labute approximate surface area is 175 Å². The van der Waals surface area contributed by atoms with Gasteiger partial charge in [-0.3, -0.25) is 9.78 Å². The van der Waals surface area contributed by atoms with Crippen molar-refractivity contribution in [1.82, 2.24) is 4.98 Å². The van der Waals surface area contributed by atoms with Crippen LogP contribution in [-0.2, 0) is 6.61 Å². The molecule has 2 heterocycles. The predicted molar refractivity (Wildman–Crippen MR) is 120 cm³/mol. The standard InChI is InChI=1S/C25H24N2O3/c1-15-11-20(17(3)27-22-9-5-4-7-19(22)14-28)25-21(12-15)23(29)16(2)24(30-25)18-8-6-10-26-13-18/h4-13,17,27-28H,14H2,1-3H3. The number of aromatic nitrogens is 1. The molecule has 2 aromatic carbocycles. The first-order valence-corrected chi connectivity index (χ1v) is 9.93. The minimum Gasteiger partial charge on any atom is -0.455 e. The van der Waals surface area contributed by atoms with Gasteiger partial charge in [0, 0.05) is 40.3 Å². The molecule has 0 radical (unpaired) electrons. The monoisotopic (exact) mass is 400 g/mol. The van der Waals surface area contributed by atoms with E-state index in [4.69, 9.17) is 4.42 Å². The predicted octanol–water partition coefficient (Wildman–Crippen LogP) is 5.14. The fourth-order valence-corrected chi connectivity index (χ4v) is 3.77. The number of nitrogens with one attached hydrogen (secondary N) is 1. The van der Waals surface area contributed by atoms with Gasteiger partial charge in [0.2, 0.25) is 0 Å². The molecule has 0 spiro atoms. The molecule has 0 aliphatic heterocycles. The van der Waals surface area contributed by atoms with Crippen molar-refractivity contribution in [3.63, 3.8) is 0 Å². The number of aliphatic hydroxyl groups is 1. The number of aliphatic hydroxyl groups excluding tert-OH is 1. The van der Waals surface area contributed by atoms with Crippen molar-refractivity contribution in [2.45, 2.75) is 33.4 Å². The lowest BCUT2D eigenvalue weighted by molar-refractivity contribution is 0.282. The molecule has 0 saturated heterocycles. The average molecular weight is 400 g/mol. The second kappa shape index (κ2) is 8.13. The van der Waals surface area contributed by atoms with E-state index in [1.165, 1.54) is 0 Å². The van der Waals surface area contributed by atoms with Crippen molar-refractivity contribution >= 4 is 16.7 Å². The largest absolute Gasteiger partial charge is 0.455 e. The zero-order valence-corrected chi connectivity index (χ0v) is 17.3. The number of fused-ring (bicyclic) bond motifs is 1. The molecule has 5 heteroatoms. The molecule has 1 unspecified atom stereocenters. The highest BCUT2D eigenvalue weighted by Crippen LogP contribution is 2.32. The summed E-state index contributed by atoms with van der Waals surface area (Å²) in [6, 6.07) is 15.1. The van der Waals surface area contributed by atoms with Gasteiger partial charge in [0.25, 0.3) is 0 Å². The highest BCUT2D eigenvalue weighted by Gasteiger charge is 2.19. The summed E-state index contributed by atoms with van der Waals surface area (Å²) in [7, 11) is 0. The lowest BCUT2D eigenvalue weighted by Gasteiger charge is -2.20. The van der Waals surface area contributed by atoms with Crippen LogP contribution < -0.4 is 10.7 Å². The molecule has 0 amide bonds. The van der Waals surface area contributed by atoms with Crippen molar-refractivity contribution in [2.24, 2.45) is 0 Å². The van der Waals surface area contributed by atoms with Crippen LogP contribution in [0.2, 0.25) is 0 Å². The van der Waals surface area contributed by atoms with E-state index in [1.807, 2.05) is 62.4 Å². The van der Waals surface area contributed by atoms with Crippen molar-refractivity contribution in [1.29, 1.82) is 0 Å². The van der Waals surface area contributed by atoms with Crippen molar-refractivity contribution in [2.75, 3.05) is 5.32 Å². The molecule has 2 N–H and O–H groups in total. The molecule has 5 nitrogen and oxygen atoms in total. The van der Waals surface area contributed by atoms with Crippen LogP contribution in [0.25, 0.3) is 22.3 Å². The van der Waals surface area contributed by atoms with Gasteiger partial charge in [-0.15, -0.1) is 0 Å². The van der Waals surface area contributed by atoms with Crippen LogP contribution in [0, 0.1) is 13.8 Å². The molecule has 4 aromatic rings. The summed E-state index contributed by atoms with van der Waals surface area (Å²) in [4.78, 5) is 17.3. The topological polar surface area (TPSA) is 75.4 Å². The Balaban J connectivity index is 1.89. The van der Waals surface area contributed by atoms with Gasteiger partial charge in [-0.25, -0.2) is 0 Å². The number of anilines is 1. The van der Waals surface area contributed by atoms with Crippen LogP contribution in [0.5, 0.6) is 0 Å². The summed E-state index contributed by atoms with van der Waals surface area (Å²) >= 11 is 0. The Bertz CT molecular complexity index is 1260. The highest BCUT2D eigenvalue weighted by atomic mass is 16.3. The van der Waals surface area contributed by atoms with E-state index >= 15 is 0 Å². The lowest BCUT2D eigenvalue weighted by atomic mass is 9.99. The number of rotatable bonds is 5. The fourth-order valence-electron chi connectivity index (χ4n) is 3.77. The van der Waals surface area contributed by atoms with Gasteiger partial charge in [-0.05, 0) is 50.6 Å². The number of para-hydroxylation sites is 1. The second-order valence-electron chi connectivity index (χ2n) is 7.54. The Morgan fingerprint density at radius 2 is 1.93 bits per heavy atom. The minimum atomic E-state index is -0.146. The minimum absolute atomic E-state index is 0.0389. The molecule has 1 atom stereocenters. The first kappa shape index (κ1) is 19.9. The number of benzene rings is 2. The molecular weight excluding hydrogens is 376 g/mol. The molecule has 30 heavy (non-hydrogen) atoms. The smallest absolute Gasteiger partial charge is 0.196 e. The third-order valence-corrected chi connectivity index (χ3v) is 5.34. The molecule has 0 saturated carbocycles. The molecular formula is C25H24N2O3. The maximum absolute atomic E-state index is 13.2. The molecule has 2 aromatic heterocycles. The Morgan fingerprint density at radius 3 is 2.67 bits per heavy atom. The summed E-state index contributed by atoms with van der Waals surface area (Å²) in [6.07, 6.45) is 3.39. The maximum atomic E-state index is 13.2. The summed E-state index contributed by atoms with van der Waals surface area (Å²) in [5.41, 5.74) is 5.41. The van der Waals surface area contributed by atoms with Crippen LogP contribution in [0.1, 0.15) is 35.2 Å². The van der Waals surface area contributed by atoms with Gasteiger partial charge in [0.1, 0.15) is 11.3 Å². The lowest BCUT2D eigenvalue weighted by Crippen LogP contribution is -2.13. The first-order chi connectivity index (χ1) is 14.5. The quantitative estimate of drug-likeness (QED) is 0.485. The molecule has 0 fully saturated rings. The van der Waals surface area contributed by atoms with Crippen LogP contribution in [-0.4, -0.2) is 10.1 Å².